The van der Waals surface area contributed by atoms with Crippen LogP contribution in [-0.4, -0.2) is 36.0 Å². The highest BCUT2D eigenvalue weighted by atomic mass is 32.2. The summed E-state index contributed by atoms with van der Waals surface area (Å²) in [6.45, 7) is 0.891. The number of hydrogen-bond donors (Lipinski definition) is 0. The van der Waals surface area contributed by atoms with E-state index in [-0.39, 0.29) is 17.2 Å². The molecule has 0 bridgehead atoms. The fourth-order valence-electron chi connectivity index (χ4n) is 3.45. The van der Waals surface area contributed by atoms with Crippen LogP contribution in [0.5, 0.6) is 0 Å². The van der Waals surface area contributed by atoms with Gasteiger partial charge in [-0.15, -0.1) is 0 Å². The summed E-state index contributed by atoms with van der Waals surface area (Å²) in [5.74, 6) is 1.16. The van der Waals surface area contributed by atoms with Gasteiger partial charge in [-0.1, -0.05) is 23.4 Å². The van der Waals surface area contributed by atoms with Gasteiger partial charge in [0.05, 0.1) is 5.75 Å². The Balaban J connectivity index is 1.41. The molecule has 1 saturated carbocycles. The third-order valence-corrected chi connectivity index (χ3v) is 6.85. The van der Waals surface area contributed by atoms with Crippen molar-refractivity contribution < 1.29 is 17.3 Å². The fraction of sp³-hybridized carbons (Fsp3) is 0.556. The standard InChI is InChI=1S/C18H22FN3O3S/c19-16-6-2-1-5-15(16)12-26(23,24)22-9-3-4-13(11-22)10-17-20-18(21-25-17)14-7-8-14/h1-2,5-6,13-14H,3-4,7-12H2. The van der Waals surface area contributed by atoms with Crippen molar-refractivity contribution in [2.45, 2.75) is 43.8 Å². The number of benzene rings is 1. The Bertz CT molecular complexity index is 879. The third kappa shape index (κ3) is 3.96. The van der Waals surface area contributed by atoms with E-state index in [1.807, 2.05) is 0 Å². The second kappa shape index (κ2) is 7.08. The minimum absolute atomic E-state index is 0.145. The van der Waals surface area contributed by atoms with E-state index in [0.29, 0.717) is 31.3 Å². The molecule has 2 aromatic rings. The SMILES string of the molecule is O=S(=O)(Cc1ccccc1F)N1CCCC(Cc2nc(C3CC3)no2)C1. The van der Waals surface area contributed by atoms with Crippen LogP contribution in [0.1, 0.15) is 48.9 Å². The zero-order valence-electron chi connectivity index (χ0n) is 14.5. The van der Waals surface area contributed by atoms with Crippen molar-refractivity contribution in [3.8, 4) is 0 Å². The van der Waals surface area contributed by atoms with E-state index < -0.39 is 15.8 Å². The van der Waals surface area contributed by atoms with Crippen LogP contribution in [0, 0.1) is 11.7 Å². The van der Waals surface area contributed by atoms with Crippen LogP contribution in [0.15, 0.2) is 28.8 Å². The van der Waals surface area contributed by atoms with Crippen LogP contribution in [0.25, 0.3) is 0 Å². The Morgan fingerprint density at radius 3 is 2.81 bits per heavy atom. The van der Waals surface area contributed by atoms with Crippen molar-refractivity contribution in [1.29, 1.82) is 0 Å². The molecule has 140 valence electrons. The number of hydrogen-bond acceptors (Lipinski definition) is 5. The second-order valence-corrected chi connectivity index (χ2v) is 9.21. The van der Waals surface area contributed by atoms with E-state index in [1.165, 1.54) is 16.4 Å². The fourth-order valence-corrected chi connectivity index (χ4v) is 5.11. The van der Waals surface area contributed by atoms with Crippen LogP contribution >= 0.6 is 0 Å². The molecule has 2 aliphatic rings. The average Bonchev–Trinajstić information content (AvgIpc) is 3.37. The van der Waals surface area contributed by atoms with Crippen molar-refractivity contribution in [1.82, 2.24) is 14.4 Å². The number of piperidine rings is 1. The summed E-state index contributed by atoms with van der Waals surface area (Å²) in [4.78, 5) is 4.44. The minimum Gasteiger partial charge on any atom is -0.339 e. The summed E-state index contributed by atoms with van der Waals surface area (Å²) < 4.78 is 46.0. The molecule has 2 heterocycles. The summed E-state index contributed by atoms with van der Waals surface area (Å²) in [6, 6.07) is 6.02. The van der Waals surface area contributed by atoms with Gasteiger partial charge < -0.3 is 4.52 Å². The molecule has 1 aliphatic heterocycles. The smallest absolute Gasteiger partial charge is 0.226 e. The lowest BCUT2D eigenvalue weighted by molar-refractivity contribution is 0.246. The van der Waals surface area contributed by atoms with Gasteiger partial charge in [0, 0.05) is 31.0 Å². The largest absolute Gasteiger partial charge is 0.339 e. The monoisotopic (exact) mass is 379 g/mol. The average molecular weight is 379 g/mol. The van der Waals surface area contributed by atoms with Crippen LogP contribution in [0.3, 0.4) is 0 Å². The highest BCUT2D eigenvalue weighted by molar-refractivity contribution is 7.88. The highest BCUT2D eigenvalue weighted by Crippen LogP contribution is 2.38. The molecule has 0 N–H and O–H groups in total. The topological polar surface area (TPSA) is 76.3 Å². The van der Waals surface area contributed by atoms with Gasteiger partial charge in [-0.3, -0.25) is 0 Å². The van der Waals surface area contributed by atoms with Crippen molar-refractivity contribution >= 4 is 10.0 Å². The molecule has 8 heteroatoms. The van der Waals surface area contributed by atoms with E-state index >= 15 is 0 Å². The zero-order valence-corrected chi connectivity index (χ0v) is 15.3. The van der Waals surface area contributed by atoms with Gasteiger partial charge in [0.15, 0.2) is 5.82 Å². The molecule has 0 spiro atoms. The minimum atomic E-state index is -3.56. The van der Waals surface area contributed by atoms with E-state index in [2.05, 4.69) is 10.1 Å². The molecular weight excluding hydrogens is 357 g/mol. The summed E-state index contributed by atoms with van der Waals surface area (Å²) in [7, 11) is -3.56. The van der Waals surface area contributed by atoms with Gasteiger partial charge >= 0.3 is 0 Å². The maximum Gasteiger partial charge on any atom is 0.226 e. The number of aromatic nitrogens is 2. The lowest BCUT2D eigenvalue weighted by Crippen LogP contribution is -2.41. The maximum atomic E-state index is 13.8. The van der Waals surface area contributed by atoms with Crippen molar-refractivity contribution in [2.24, 2.45) is 5.92 Å². The molecule has 4 rings (SSSR count). The van der Waals surface area contributed by atoms with E-state index in [0.717, 1.165) is 31.5 Å². The Morgan fingerprint density at radius 2 is 2.04 bits per heavy atom. The molecule has 26 heavy (non-hydrogen) atoms. The zero-order chi connectivity index (χ0) is 18.1. The highest BCUT2D eigenvalue weighted by Gasteiger charge is 2.32. The Morgan fingerprint density at radius 1 is 1.23 bits per heavy atom. The molecule has 1 unspecified atom stereocenters. The van der Waals surface area contributed by atoms with Gasteiger partial charge in [0.2, 0.25) is 15.9 Å². The molecule has 1 aromatic heterocycles. The normalized spacial score (nSPS) is 21.8. The van der Waals surface area contributed by atoms with Gasteiger partial charge in [-0.25, -0.2) is 17.1 Å². The van der Waals surface area contributed by atoms with E-state index in [4.69, 9.17) is 4.52 Å². The first-order valence-corrected chi connectivity index (χ1v) is 10.7. The summed E-state index contributed by atoms with van der Waals surface area (Å²) in [5, 5.41) is 4.02. The van der Waals surface area contributed by atoms with Crippen LogP contribution in [0.2, 0.25) is 0 Å². The Kier molecular flexibility index (Phi) is 4.79. The van der Waals surface area contributed by atoms with Gasteiger partial charge in [-0.05, 0) is 37.7 Å². The van der Waals surface area contributed by atoms with Crippen LogP contribution in [0.4, 0.5) is 4.39 Å². The first kappa shape index (κ1) is 17.6. The van der Waals surface area contributed by atoms with Gasteiger partial charge in [-0.2, -0.15) is 4.98 Å². The van der Waals surface area contributed by atoms with E-state index in [9.17, 15) is 12.8 Å². The molecular formula is C18H22FN3O3S. The van der Waals surface area contributed by atoms with Crippen molar-refractivity contribution in [3.05, 3.63) is 47.4 Å². The van der Waals surface area contributed by atoms with Crippen LogP contribution < -0.4 is 0 Å². The van der Waals surface area contributed by atoms with Crippen molar-refractivity contribution in [2.75, 3.05) is 13.1 Å². The summed E-state index contributed by atoms with van der Waals surface area (Å²) in [6.07, 6.45) is 4.53. The quantitative estimate of drug-likeness (QED) is 0.771. The van der Waals surface area contributed by atoms with Gasteiger partial charge in [0.1, 0.15) is 5.82 Å². The third-order valence-electron chi connectivity index (χ3n) is 5.06. The maximum absolute atomic E-state index is 13.8. The van der Waals surface area contributed by atoms with Gasteiger partial charge in [0.25, 0.3) is 0 Å². The molecule has 1 aromatic carbocycles. The lowest BCUT2D eigenvalue weighted by Gasteiger charge is -2.31. The molecule has 1 saturated heterocycles. The number of nitrogens with zero attached hydrogens (tertiary/aromatic N) is 3. The second-order valence-electron chi connectivity index (χ2n) is 7.24. The predicted octanol–water partition coefficient (Wildman–Crippen LogP) is 2.87. The Hall–Kier alpha value is -1.80. The summed E-state index contributed by atoms with van der Waals surface area (Å²) >= 11 is 0. The van der Waals surface area contributed by atoms with E-state index in [1.54, 1.807) is 12.1 Å². The molecule has 0 amide bonds. The summed E-state index contributed by atoms with van der Waals surface area (Å²) in [5.41, 5.74) is 0.209. The number of sulfonamides is 1. The predicted molar refractivity (Wildman–Crippen MR) is 93.3 cm³/mol. The lowest BCUT2D eigenvalue weighted by atomic mass is 9.96. The number of rotatable bonds is 6. The Labute approximate surface area is 152 Å². The molecule has 1 aliphatic carbocycles. The molecule has 2 fully saturated rings. The first-order chi connectivity index (χ1) is 12.5. The number of halogens is 1. The molecule has 1 atom stereocenters. The molecule has 6 nitrogen and oxygen atoms in total. The van der Waals surface area contributed by atoms with Crippen molar-refractivity contribution in [3.63, 3.8) is 0 Å². The molecule has 0 radical (unpaired) electrons. The first-order valence-electron chi connectivity index (χ1n) is 9.05. The van der Waals surface area contributed by atoms with Crippen LogP contribution in [-0.2, 0) is 22.2 Å².